The summed E-state index contributed by atoms with van der Waals surface area (Å²) < 4.78 is 7.38. The van der Waals surface area contributed by atoms with Crippen LogP contribution in [0.3, 0.4) is 0 Å². The normalized spacial score (nSPS) is 22.1. The monoisotopic (exact) mass is 247 g/mol. The predicted molar refractivity (Wildman–Crippen MR) is 67.1 cm³/mol. The summed E-state index contributed by atoms with van der Waals surface area (Å²) in [6.45, 7) is 1.39. The molecule has 1 unspecified atom stereocenters. The van der Waals surface area contributed by atoms with E-state index in [4.69, 9.17) is 4.74 Å². The lowest BCUT2D eigenvalue weighted by Gasteiger charge is -2.16. The van der Waals surface area contributed by atoms with E-state index in [9.17, 15) is 9.59 Å². The SMILES string of the molecule is O=Cc1cc2c(n(CC3CCCO3)c1=O)CCC2. The van der Waals surface area contributed by atoms with Crippen LogP contribution in [0.25, 0.3) is 0 Å². The van der Waals surface area contributed by atoms with Crippen molar-refractivity contribution in [1.29, 1.82) is 0 Å². The largest absolute Gasteiger partial charge is 0.376 e. The van der Waals surface area contributed by atoms with Gasteiger partial charge in [-0.1, -0.05) is 0 Å². The van der Waals surface area contributed by atoms with Gasteiger partial charge in [0.15, 0.2) is 6.29 Å². The molecule has 2 aliphatic rings. The number of aldehydes is 1. The molecule has 0 amide bonds. The number of ether oxygens (including phenoxy) is 1. The van der Waals surface area contributed by atoms with Gasteiger partial charge in [-0.05, 0) is 43.7 Å². The zero-order chi connectivity index (χ0) is 12.5. The molecule has 0 saturated carbocycles. The Bertz CT molecular complexity index is 527. The summed E-state index contributed by atoms with van der Waals surface area (Å²) in [5.41, 5.74) is 2.41. The van der Waals surface area contributed by atoms with Crippen molar-refractivity contribution in [2.24, 2.45) is 0 Å². The van der Waals surface area contributed by atoms with E-state index in [1.54, 1.807) is 10.6 Å². The Morgan fingerprint density at radius 3 is 3.00 bits per heavy atom. The lowest BCUT2D eigenvalue weighted by atomic mass is 10.1. The third-order valence-electron chi connectivity index (χ3n) is 3.92. The van der Waals surface area contributed by atoms with E-state index in [-0.39, 0.29) is 17.2 Å². The third kappa shape index (κ3) is 1.90. The van der Waals surface area contributed by atoms with Crippen LogP contribution in [-0.4, -0.2) is 23.6 Å². The highest BCUT2D eigenvalue weighted by molar-refractivity contribution is 5.74. The summed E-state index contributed by atoms with van der Waals surface area (Å²) in [5.74, 6) is 0. The van der Waals surface area contributed by atoms with E-state index in [0.717, 1.165) is 50.0 Å². The molecule has 0 aromatic carbocycles. The van der Waals surface area contributed by atoms with E-state index < -0.39 is 0 Å². The maximum Gasteiger partial charge on any atom is 0.261 e. The molecule has 18 heavy (non-hydrogen) atoms. The van der Waals surface area contributed by atoms with Crippen molar-refractivity contribution in [1.82, 2.24) is 4.57 Å². The van der Waals surface area contributed by atoms with Crippen molar-refractivity contribution >= 4 is 6.29 Å². The molecule has 1 aromatic heterocycles. The minimum absolute atomic E-state index is 0.134. The molecule has 0 bridgehead atoms. The smallest absolute Gasteiger partial charge is 0.261 e. The lowest BCUT2D eigenvalue weighted by molar-refractivity contribution is 0.0952. The van der Waals surface area contributed by atoms with Gasteiger partial charge in [-0.3, -0.25) is 9.59 Å². The van der Waals surface area contributed by atoms with Crippen LogP contribution in [0.5, 0.6) is 0 Å². The minimum atomic E-state index is -0.152. The second-order valence-corrected chi connectivity index (χ2v) is 5.09. The summed E-state index contributed by atoms with van der Waals surface area (Å²) in [6, 6.07) is 1.77. The van der Waals surface area contributed by atoms with Crippen LogP contribution in [0, 0.1) is 0 Å². The van der Waals surface area contributed by atoms with Crippen molar-refractivity contribution in [2.75, 3.05) is 6.61 Å². The zero-order valence-electron chi connectivity index (χ0n) is 10.4. The number of rotatable bonds is 3. The van der Waals surface area contributed by atoms with Gasteiger partial charge in [0.2, 0.25) is 0 Å². The summed E-state index contributed by atoms with van der Waals surface area (Å²) in [4.78, 5) is 23.2. The molecule has 1 aliphatic heterocycles. The lowest BCUT2D eigenvalue weighted by Crippen LogP contribution is -2.31. The number of pyridine rings is 1. The molecule has 1 aliphatic carbocycles. The average molecular weight is 247 g/mol. The minimum Gasteiger partial charge on any atom is -0.376 e. The number of aryl methyl sites for hydroxylation is 1. The van der Waals surface area contributed by atoms with Gasteiger partial charge < -0.3 is 9.30 Å². The summed E-state index contributed by atoms with van der Waals surface area (Å²) >= 11 is 0. The molecule has 3 rings (SSSR count). The first-order valence-corrected chi connectivity index (χ1v) is 6.62. The quantitative estimate of drug-likeness (QED) is 0.757. The molecule has 4 heteroatoms. The number of carbonyl (C=O) groups is 1. The Hall–Kier alpha value is -1.42. The molecular formula is C14H17NO3. The number of fused-ring (bicyclic) bond motifs is 1. The van der Waals surface area contributed by atoms with Crippen LogP contribution in [0.15, 0.2) is 10.9 Å². The average Bonchev–Trinajstić information content (AvgIpc) is 3.03. The van der Waals surface area contributed by atoms with Gasteiger partial charge in [-0.2, -0.15) is 0 Å². The summed E-state index contributed by atoms with van der Waals surface area (Å²) in [6.07, 6.45) is 5.87. The van der Waals surface area contributed by atoms with Gasteiger partial charge in [-0.25, -0.2) is 0 Å². The van der Waals surface area contributed by atoms with Crippen molar-refractivity contribution in [3.63, 3.8) is 0 Å². The van der Waals surface area contributed by atoms with Crippen LogP contribution in [0.1, 0.15) is 40.9 Å². The maximum absolute atomic E-state index is 12.2. The van der Waals surface area contributed by atoms with Crippen LogP contribution >= 0.6 is 0 Å². The molecule has 1 atom stereocenters. The van der Waals surface area contributed by atoms with E-state index in [2.05, 4.69) is 0 Å². The molecule has 1 aromatic rings. The number of hydrogen-bond acceptors (Lipinski definition) is 3. The topological polar surface area (TPSA) is 48.3 Å². The van der Waals surface area contributed by atoms with Crippen LogP contribution in [0.2, 0.25) is 0 Å². The molecule has 96 valence electrons. The Labute approximate surface area is 106 Å². The maximum atomic E-state index is 12.2. The Morgan fingerprint density at radius 2 is 2.28 bits per heavy atom. The van der Waals surface area contributed by atoms with Crippen molar-refractivity contribution in [2.45, 2.75) is 44.8 Å². The van der Waals surface area contributed by atoms with Crippen molar-refractivity contribution in [3.8, 4) is 0 Å². The van der Waals surface area contributed by atoms with E-state index >= 15 is 0 Å². The highest BCUT2D eigenvalue weighted by Crippen LogP contribution is 2.22. The number of nitrogens with zero attached hydrogens (tertiary/aromatic N) is 1. The van der Waals surface area contributed by atoms with Crippen LogP contribution < -0.4 is 5.56 Å². The van der Waals surface area contributed by atoms with Gasteiger partial charge in [-0.15, -0.1) is 0 Å². The first-order chi connectivity index (χ1) is 8.79. The molecule has 1 saturated heterocycles. The number of carbonyl (C=O) groups excluding carboxylic acids is 1. The first-order valence-electron chi connectivity index (χ1n) is 6.62. The number of hydrogen-bond donors (Lipinski definition) is 0. The van der Waals surface area contributed by atoms with E-state index in [1.165, 1.54) is 0 Å². The molecule has 4 nitrogen and oxygen atoms in total. The van der Waals surface area contributed by atoms with Gasteiger partial charge in [0.1, 0.15) is 0 Å². The van der Waals surface area contributed by atoms with Crippen molar-refractivity contribution in [3.05, 3.63) is 33.2 Å². The standard InChI is InChI=1S/C14H17NO3/c16-9-11-7-10-3-1-5-13(10)15(14(11)17)8-12-4-2-6-18-12/h7,9,12H,1-6,8H2. The third-order valence-corrected chi connectivity index (χ3v) is 3.92. The summed E-state index contributed by atoms with van der Waals surface area (Å²) in [5, 5.41) is 0. The van der Waals surface area contributed by atoms with Gasteiger partial charge in [0.25, 0.3) is 5.56 Å². The zero-order valence-corrected chi connectivity index (χ0v) is 10.4. The fourth-order valence-electron chi connectivity index (χ4n) is 3.01. The van der Waals surface area contributed by atoms with Gasteiger partial charge >= 0.3 is 0 Å². The van der Waals surface area contributed by atoms with E-state index in [1.807, 2.05) is 0 Å². The van der Waals surface area contributed by atoms with Crippen LogP contribution in [-0.2, 0) is 24.1 Å². The number of aromatic nitrogens is 1. The fourth-order valence-corrected chi connectivity index (χ4v) is 3.01. The molecule has 2 heterocycles. The van der Waals surface area contributed by atoms with Crippen LogP contribution in [0.4, 0.5) is 0 Å². The second kappa shape index (κ2) is 4.69. The molecule has 0 spiro atoms. The summed E-state index contributed by atoms with van der Waals surface area (Å²) in [7, 11) is 0. The Kier molecular flexibility index (Phi) is 3.04. The molecule has 1 fully saturated rings. The van der Waals surface area contributed by atoms with Gasteiger partial charge in [0.05, 0.1) is 18.2 Å². The molecule has 0 radical (unpaired) electrons. The Balaban J connectivity index is 2.02. The molecular weight excluding hydrogens is 230 g/mol. The highest BCUT2D eigenvalue weighted by atomic mass is 16.5. The second-order valence-electron chi connectivity index (χ2n) is 5.09. The first kappa shape index (κ1) is 11.7. The Morgan fingerprint density at radius 1 is 1.39 bits per heavy atom. The predicted octanol–water partition coefficient (Wildman–Crippen LogP) is 1.33. The highest BCUT2D eigenvalue weighted by Gasteiger charge is 2.23. The van der Waals surface area contributed by atoms with E-state index in [0.29, 0.717) is 12.8 Å². The van der Waals surface area contributed by atoms with Gasteiger partial charge in [0, 0.05) is 12.3 Å². The fraction of sp³-hybridized carbons (Fsp3) is 0.571. The molecule has 0 N–H and O–H groups in total. The van der Waals surface area contributed by atoms with Crippen molar-refractivity contribution < 1.29 is 9.53 Å².